The maximum Gasteiger partial charge on any atom is 0.266 e. The van der Waals surface area contributed by atoms with Gasteiger partial charge in [0.05, 0.1) is 17.7 Å². The number of carbonyl (C=O) groups is 2. The topological polar surface area (TPSA) is 114 Å². The molecule has 9 heteroatoms. The van der Waals surface area contributed by atoms with Crippen molar-refractivity contribution >= 4 is 27.5 Å². The molecule has 2 rings (SSSR count). The number of rotatable bonds is 7. The molecule has 0 saturated carbocycles. The van der Waals surface area contributed by atoms with Crippen LogP contribution in [0.25, 0.3) is 0 Å². The summed E-state index contributed by atoms with van der Waals surface area (Å²) in [4.78, 5) is 25.2. The molecule has 2 amide bonds. The molecule has 0 aliphatic rings. The lowest BCUT2D eigenvalue weighted by molar-refractivity contribution is -0.114. The van der Waals surface area contributed by atoms with E-state index in [-0.39, 0.29) is 16.6 Å². The Morgan fingerprint density at radius 2 is 1.74 bits per heavy atom. The van der Waals surface area contributed by atoms with E-state index < -0.39 is 15.9 Å². The van der Waals surface area contributed by atoms with Gasteiger partial charge in [0.1, 0.15) is 5.75 Å². The smallest absolute Gasteiger partial charge is 0.266 e. The second-order valence-electron chi connectivity index (χ2n) is 5.65. The van der Waals surface area contributed by atoms with E-state index in [4.69, 9.17) is 4.74 Å². The number of nitrogens with one attached hydrogen (secondary N) is 3. The van der Waals surface area contributed by atoms with Gasteiger partial charge in [-0.05, 0) is 36.2 Å². The van der Waals surface area contributed by atoms with Crippen molar-refractivity contribution in [2.75, 3.05) is 12.4 Å². The average molecular weight is 391 g/mol. The van der Waals surface area contributed by atoms with Crippen LogP contribution < -0.4 is 20.3 Å². The normalized spacial score (nSPS) is 10.9. The number of benzene rings is 2. The lowest BCUT2D eigenvalue weighted by Crippen LogP contribution is -2.41. The zero-order valence-corrected chi connectivity index (χ0v) is 16.0. The first-order chi connectivity index (χ1) is 12.8. The van der Waals surface area contributed by atoms with Crippen LogP contribution in [-0.4, -0.2) is 27.3 Å². The SMILES string of the molecule is CCc1ccc(C(=O)NNS(=O)(=O)c2ccc(NC(C)=O)c(OC)c2)cc1. The van der Waals surface area contributed by atoms with Gasteiger partial charge < -0.3 is 10.1 Å². The van der Waals surface area contributed by atoms with E-state index in [2.05, 4.69) is 10.7 Å². The first-order valence-corrected chi connectivity index (χ1v) is 9.62. The molecular formula is C18H21N3O5S. The first kappa shape index (κ1) is 20.4. The number of ether oxygens (including phenoxy) is 1. The summed E-state index contributed by atoms with van der Waals surface area (Å²) in [6.07, 6.45) is 0.838. The number of carbonyl (C=O) groups excluding carboxylic acids is 2. The summed E-state index contributed by atoms with van der Waals surface area (Å²) in [5, 5.41) is 2.54. The molecule has 0 unspecified atom stereocenters. The van der Waals surface area contributed by atoms with Crippen LogP contribution in [0.15, 0.2) is 47.4 Å². The van der Waals surface area contributed by atoms with Crippen molar-refractivity contribution in [1.29, 1.82) is 0 Å². The van der Waals surface area contributed by atoms with Gasteiger partial charge in [0.25, 0.3) is 15.9 Å². The molecule has 3 N–H and O–H groups in total. The van der Waals surface area contributed by atoms with Gasteiger partial charge in [0.15, 0.2) is 0 Å². The van der Waals surface area contributed by atoms with Crippen LogP contribution in [-0.2, 0) is 21.2 Å². The second kappa shape index (κ2) is 8.65. The van der Waals surface area contributed by atoms with Crippen LogP contribution in [0, 0.1) is 0 Å². The number of hydrazine groups is 1. The number of sulfonamides is 1. The lowest BCUT2D eigenvalue weighted by Gasteiger charge is -2.12. The van der Waals surface area contributed by atoms with Crippen molar-refractivity contribution < 1.29 is 22.7 Å². The maximum absolute atomic E-state index is 12.4. The third-order valence-electron chi connectivity index (χ3n) is 3.72. The highest BCUT2D eigenvalue weighted by Gasteiger charge is 2.18. The van der Waals surface area contributed by atoms with Crippen molar-refractivity contribution in [3.8, 4) is 5.75 Å². The molecule has 0 aliphatic heterocycles. The Kier molecular flexibility index (Phi) is 6.54. The molecule has 0 bridgehead atoms. The van der Waals surface area contributed by atoms with Crippen LogP contribution in [0.2, 0.25) is 0 Å². The molecule has 0 spiro atoms. The van der Waals surface area contributed by atoms with E-state index in [0.29, 0.717) is 11.3 Å². The third-order valence-corrected chi connectivity index (χ3v) is 4.96. The van der Waals surface area contributed by atoms with Gasteiger partial charge in [-0.25, -0.2) is 8.42 Å². The Bertz CT molecular complexity index is 940. The number of hydrogen-bond acceptors (Lipinski definition) is 5. The van der Waals surface area contributed by atoms with E-state index in [0.717, 1.165) is 12.0 Å². The van der Waals surface area contributed by atoms with Gasteiger partial charge >= 0.3 is 0 Å². The molecule has 8 nitrogen and oxygen atoms in total. The monoisotopic (exact) mass is 391 g/mol. The average Bonchev–Trinajstić information content (AvgIpc) is 2.66. The Morgan fingerprint density at radius 3 is 2.30 bits per heavy atom. The molecule has 2 aromatic rings. The molecule has 0 aromatic heterocycles. The second-order valence-corrected chi connectivity index (χ2v) is 7.34. The van der Waals surface area contributed by atoms with E-state index in [1.54, 1.807) is 24.3 Å². The Morgan fingerprint density at radius 1 is 1.07 bits per heavy atom. The van der Waals surface area contributed by atoms with Crippen LogP contribution in [0.3, 0.4) is 0 Å². The highest BCUT2D eigenvalue weighted by molar-refractivity contribution is 7.89. The van der Waals surface area contributed by atoms with E-state index in [1.807, 2.05) is 11.8 Å². The fourth-order valence-electron chi connectivity index (χ4n) is 2.27. The summed E-state index contributed by atoms with van der Waals surface area (Å²) in [5.41, 5.74) is 3.90. The van der Waals surface area contributed by atoms with Crippen LogP contribution in [0.1, 0.15) is 29.8 Å². The largest absolute Gasteiger partial charge is 0.495 e. The Hall–Kier alpha value is -2.91. The zero-order chi connectivity index (χ0) is 20.0. The molecule has 27 heavy (non-hydrogen) atoms. The van der Waals surface area contributed by atoms with Crippen molar-refractivity contribution in [3.05, 3.63) is 53.6 Å². The molecule has 0 atom stereocenters. The standard InChI is InChI=1S/C18H21N3O5S/c1-4-13-5-7-14(8-6-13)18(23)20-21-27(24,25)15-9-10-16(19-12(2)22)17(11-15)26-3/h5-11,21H,4H2,1-3H3,(H,19,22)(H,20,23). The van der Waals surface area contributed by atoms with E-state index >= 15 is 0 Å². The number of hydrogen-bond donors (Lipinski definition) is 3. The van der Waals surface area contributed by atoms with Gasteiger partial charge in [-0.2, -0.15) is 0 Å². The number of amides is 2. The predicted molar refractivity (Wildman–Crippen MR) is 101 cm³/mol. The van der Waals surface area contributed by atoms with Gasteiger partial charge in [-0.1, -0.05) is 19.1 Å². The Balaban J connectivity index is 2.13. The highest BCUT2D eigenvalue weighted by atomic mass is 32.2. The van der Waals surface area contributed by atoms with E-state index in [9.17, 15) is 18.0 Å². The fourth-order valence-corrected chi connectivity index (χ4v) is 3.12. The van der Waals surface area contributed by atoms with Gasteiger partial charge in [-0.15, -0.1) is 4.83 Å². The number of anilines is 1. The minimum Gasteiger partial charge on any atom is -0.495 e. The summed E-state index contributed by atoms with van der Waals surface area (Å²) in [5.74, 6) is -0.721. The summed E-state index contributed by atoms with van der Waals surface area (Å²) in [6, 6.07) is 10.8. The molecule has 0 heterocycles. The minimum atomic E-state index is -4.03. The molecule has 0 radical (unpaired) electrons. The molecule has 0 aliphatic carbocycles. The van der Waals surface area contributed by atoms with Gasteiger partial charge in [0.2, 0.25) is 5.91 Å². The molecule has 0 saturated heterocycles. The molecule has 2 aromatic carbocycles. The van der Waals surface area contributed by atoms with Crippen molar-refractivity contribution in [2.45, 2.75) is 25.2 Å². The highest BCUT2D eigenvalue weighted by Crippen LogP contribution is 2.27. The van der Waals surface area contributed by atoms with Crippen molar-refractivity contribution in [1.82, 2.24) is 10.3 Å². The molecule has 0 fully saturated rings. The predicted octanol–water partition coefficient (Wildman–Crippen LogP) is 1.84. The van der Waals surface area contributed by atoms with Crippen molar-refractivity contribution in [2.24, 2.45) is 0 Å². The molecule has 144 valence electrons. The van der Waals surface area contributed by atoms with Gasteiger partial charge in [0, 0.05) is 18.6 Å². The quantitative estimate of drug-likeness (QED) is 0.623. The maximum atomic E-state index is 12.4. The summed E-state index contributed by atoms with van der Waals surface area (Å²) >= 11 is 0. The van der Waals surface area contributed by atoms with Crippen molar-refractivity contribution in [3.63, 3.8) is 0 Å². The minimum absolute atomic E-state index is 0.130. The Labute approximate surface area is 157 Å². The summed E-state index contributed by atoms with van der Waals surface area (Å²) in [7, 11) is -2.68. The summed E-state index contributed by atoms with van der Waals surface area (Å²) in [6.45, 7) is 3.32. The van der Waals surface area contributed by atoms with Crippen LogP contribution in [0.5, 0.6) is 5.75 Å². The first-order valence-electron chi connectivity index (χ1n) is 8.13. The van der Waals surface area contributed by atoms with E-state index in [1.165, 1.54) is 32.2 Å². The number of methoxy groups -OCH3 is 1. The van der Waals surface area contributed by atoms with Crippen LogP contribution >= 0.6 is 0 Å². The summed E-state index contributed by atoms with van der Waals surface area (Å²) < 4.78 is 29.9. The fraction of sp³-hybridized carbons (Fsp3) is 0.222. The number of aryl methyl sites for hydroxylation is 1. The third kappa shape index (κ3) is 5.28. The van der Waals surface area contributed by atoms with Gasteiger partial charge in [-0.3, -0.25) is 15.0 Å². The van der Waals surface area contributed by atoms with Crippen LogP contribution in [0.4, 0.5) is 5.69 Å². The lowest BCUT2D eigenvalue weighted by atomic mass is 10.1. The molecular weight excluding hydrogens is 370 g/mol. The zero-order valence-electron chi connectivity index (χ0n) is 15.2.